The van der Waals surface area contributed by atoms with Crippen LogP contribution in [0.25, 0.3) is 0 Å². The molecule has 0 aliphatic carbocycles. The Morgan fingerprint density at radius 1 is 1.12 bits per heavy atom. The highest BCUT2D eigenvalue weighted by Gasteiger charge is 2.18. The monoisotopic (exact) mass is 357 g/mol. The van der Waals surface area contributed by atoms with Crippen molar-refractivity contribution in [2.45, 2.75) is 19.4 Å². The van der Waals surface area contributed by atoms with Gasteiger partial charge >= 0.3 is 0 Å². The van der Waals surface area contributed by atoms with Gasteiger partial charge in [0, 0.05) is 19.7 Å². The van der Waals surface area contributed by atoms with E-state index in [0.29, 0.717) is 19.2 Å². The Bertz CT molecular complexity index is 605. The van der Waals surface area contributed by atoms with Gasteiger partial charge in [-0.1, -0.05) is 0 Å². The fourth-order valence-electron chi connectivity index (χ4n) is 1.92. The Morgan fingerprint density at radius 3 is 2.36 bits per heavy atom. The molecule has 7 nitrogen and oxygen atoms in total. The van der Waals surface area contributed by atoms with E-state index in [1.54, 1.807) is 0 Å². The Morgan fingerprint density at radius 2 is 1.76 bits per heavy atom. The van der Waals surface area contributed by atoms with Crippen molar-refractivity contribution in [3.05, 3.63) is 35.4 Å². The minimum absolute atomic E-state index is 0.0711. The molecular weight excluding hydrogens is 336 g/mol. The van der Waals surface area contributed by atoms with E-state index in [2.05, 4.69) is 16.0 Å². The molecule has 0 aromatic heterocycles. The standard InChI is InChI=1S/C16H21F2N3O4/c1-10(16(24)21-15(23)9-19-3-4-25-2)20-14(22)7-11-5-12(17)8-13(18)6-11/h5-6,8,10,19H,3-4,7,9H2,1-2H3,(H,20,22)(H,21,23,24)/t10-/m0/s1. The van der Waals surface area contributed by atoms with Gasteiger partial charge in [0.2, 0.25) is 17.7 Å². The molecule has 1 aromatic rings. The lowest BCUT2D eigenvalue weighted by Gasteiger charge is -2.14. The topological polar surface area (TPSA) is 96.5 Å². The van der Waals surface area contributed by atoms with E-state index in [1.165, 1.54) is 14.0 Å². The lowest BCUT2D eigenvalue weighted by Crippen LogP contribution is -2.49. The summed E-state index contributed by atoms with van der Waals surface area (Å²) in [5, 5.41) is 7.26. The number of hydrogen-bond acceptors (Lipinski definition) is 5. The first-order valence-electron chi connectivity index (χ1n) is 7.59. The van der Waals surface area contributed by atoms with Crippen LogP contribution >= 0.6 is 0 Å². The second kappa shape index (κ2) is 10.5. The molecule has 9 heteroatoms. The first kappa shape index (κ1) is 20.7. The molecule has 0 unspecified atom stereocenters. The van der Waals surface area contributed by atoms with Crippen molar-refractivity contribution in [3.8, 4) is 0 Å². The second-order valence-electron chi connectivity index (χ2n) is 5.33. The van der Waals surface area contributed by atoms with Crippen LogP contribution in [0.1, 0.15) is 12.5 Å². The molecule has 0 bridgehead atoms. The van der Waals surface area contributed by atoms with Gasteiger partial charge in [-0.2, -0.15) is 0 Å². The Labute approximate surface area is 144 Å². The average molecular weight is 357 g/mol. The van der Waals surface area contributed by atoms with E-state index in [0.717, 1.165) is 12.1 Å². The zero-order chi connectivity index (χ0) is 18.8. The number of benzene rings is 1. The fourth-order valence-corrected chi connectivity index (χ4v) is 1.92. The molecule has 0 heterocycles. The van der Waals surface area contributed by atoms with E-state index >= 15 is 0 Å². The van der Waals surface area contributed by atoms with Crippen molar-refractivity contribution in [2.75, 3.05) is 26.8 Å². The molecule has 0 saturated heterocycles. The van der Waals surface area contributed by atoms with Crippen molar-refractivity contribution in [1.29, 1.82) is 0 Å². The Balaban J connectivity index is 2.40. The first-order valence-corrected chi connectivity index (χ1v) is 7.59. The molecular formula is C16H21F2N3O4. The number of methoxy groups -OCH3 is 1. The molecule has 1 rings (SSSR count). The summed E-state index contributed by atoms with van der Waals surface area (Å²) >= 11 is 0. The number of ether oxygens (including phenoxy) is 1. The van der Waals surface area contributed by atoms with Crippen LogP contribution in [0.3, 0.4) is 0 Å². The third kappa shape index (κ3) is 8.32. The maximum Gasteiger partial charge on any atom is 0.248 e. The highest BCUT2D eigenvalue weighted by molar-refractivity contribution is 5.99. The third-order valence-electron chi connectivity index (χ3n) is 3.09. The van der Waals surface area contributed by atoms with Crippen LogP contribution < -0.4 is 16.0 Å². The summed E-state index contributed by atoms with van der Waals surface area (Å²) in [7, 11) is 1.52. The maximum absolute atomic E-state index is 13.1. The van der Waals surface area contributed by atoms with Gasteiger partial charge in [0.1, 0.15) is 17.7 Å². The van der Waals surface area contributed by atoms with E-state index in [4.69, 9.17) is 4.74 Å². The van der Waals surface area contributed by atoms with Crippen molar-refractivity contribution < 1.29 is 27.9 Å². The molecule has 0 aliphatic rings. The van der Waals surface area contributed by atoms with Gasteiger partial charge in [0.25, 0.3) is 0 Å². The maximum atomic E-state index is 13.1. The Kier molecular flexibility index (Phi) is 8.65. The van der Waals surface area contributed by atoms with Crippen LogP contribution in [0, 0.1) is 11.6 Å². The smallest absolute Gasteiger partial charge is 0.248 e. The van der Waals surface area contributed by atoms with Crippen LogP contribution in [0.5, 0.6) is 0 Å². The van der Waals surface area contributed by atoms with Gasteiger partial charge < -0.3 is 15.4 Å². The summed E-state index contributed by atoms with van der Waals surface area (Å²) < 4.78 is 30.9. The molecule has 138 valence electrons. The third-order valence-corrected chi connectivity index (χ3v) is 3.09. The summed E-state index contributed by atoms with van der Waals surface area (Å²) in [6.07, 6.45) is -0.293. The second-order valence-corrected chi connectivity index (χ2v) is 5.33. The molecule has 1 atom stereocenters. The van der Waals surface area contributed by atoms with Gasteiger partial charge in [-0.25, -0.2) is 8.78 Å². The zero-order valence-electron chi connectivity index (χ0n) is 14.0. The quantitative estimate of drug-likeness (QED) is 0.536. The van der Waals surface area contributed by atoms with Crippen molar-refractivity contribution >= 4 is 17.7 Å². The van der Waals surface area contributed by atoms with Gasteiger partial charge in [0.15, 0.2) is 0 Å². The molecule has 0 saturated carbocycles. The predicted octanol–water partition coefficient (Wildman–Crippen LogP) is -0.109. The van der Waals surface area contributed by atoms with Crippen molar-refractivity contribution in [1.82, 2.24) is 16.0 Å². The zero-order valence-corrected chi connectivity index (χ0v) is 14.0. The minimum atomic E-state index is -0.978. The SMILES string of the molecule is COCCNCC(=O)NC(=O)[C@H](C)NC(=O)Cc1cc(F)cc(F)c1. The lowest BCUT2D eigenvalue weighted by molar-refractivity contribution is -0.133. The summed E-state index contributed by atoms with van der Waals surface area (Å²) in [5.41, 5.74) is 0.140. The number of carbonyl (C=O) groups excluding carboxylic acids is 3. The molecule has 3 amide bonds. The highest BCUT2D eigenvalue weighted by atomic mass is 19.1. The number of amides is 3. The molecule has 3 N–H and O–H groups in total. The number of rotatable bonds is 9. The molecule has 1 aromatic carbocycles. The van der Waals surface area contributed by atoms with E-state index in [-0.39, 0.29) is 18.5 Å². The largest absolute Gasteiger partial charge is 0.383 e. The number of nitrogens with one attached hydrogen (secondary N) is 3. The number of hydrogen-bond donors (Lipinski definition) is 3. The van der Waals surface area contributed by atoms with Crippen LogP contribution in [0.15, 0.2) is 18.2 Å². The van der Waals surface area contributed by atoms with E-state index in [9.17, 15) is 23.2 Å². The lowest BCUT2D eigenvalue weighted by atomic mass is 10.1. The molecule has 0 fully saturated rings. The fraction of sp³-hybridized carbons (Fsp3) is 0.438. The van der Waals surface area contributed by atoms with Crippen LogP contribution in [-0.2, 0) is 25.5 Å². The van der Waals surface area contributed by atoms with E-state index < -0.39 is 35.4 Å². The molecule has 25 heavy (non-hydrogen) atoms. The molecule has 0 spiro atoms. The number of imide groups is 1. The number of halogens is 2. The van der Waals surface area contributed by atoms with Crippen LogP contribution in [-0.4, -0.2) is 50.6 Å². The van der Waals surface area contributed by atoms with Gasteiger partial charge in [-0.05, 0) is 24.6 Å². The number of carbonyl (C=O) groups is 3. The summed E-state index contributed by atoms with van der Waals surface area (Å²) in [4.78, 5) is 35.2. The molecule has 0 aliphatic heterocycles. The van der Waals surface area contributed by atoms with Crippen molar-refractivity contribution in [2.24, 2.45) is 0 Å². The summed E-state index contributed by atoms with van der Waals surface area (Å²) in [6, 6.07) is 1.78. The first-order chi connectivity index (χ1) is 11.8. The van der Waals surface area contributed by atoms with E-state index in [1.807, 2.05) is 0 Å². The Hall–Kier alpha value is -2.39. The predicted molar refractivity (Wildman–Crippen MR) is 85.6 cm³/mol. The average Bonchev–Trinajstić information content (AvgIpc) is 2.50. The van der Waals surface area contributed by atoms with Gasteiger partial charge in [-0.3, -0.25) is 19.7 Å². The summed E-state index contributed by atoms with van der Waals surface area (Å²) in [6.45, 7) is 2.20. The highest BCUT2D eigenvalue weighted by Crippen LogP contribution is 2.08. The minimum Gasteiger partial charge on any atom is -0.383 e. The van der Waals surface area contributed by atoms with Crippen molar-refractivity contribution in [3.63, 3.8) is 0 Å². The van der Waals surface area contributed by atoms with Crippen LogP contribution in [0.2, 0.25) is 0 Å². The van der Waals surface area contributed by atoms with Gasteiger partial charge in [0.05, 0.1) is 19.6 Å². The van der Waals surface area contributed by atoms with Crippen LogP contribution in [0.4, 0.5) is 8.78 Å². The normalized spacial score (nSPS) is 11.7. The summed E-state index contributed by atoms with van der Waals surface area (Å²) in [5.74, 6) is -3.41. The van der Waals surface area contributed by atoms with Gasteiger partial charge in [-0.15, -0.1) is 0 Å². The molecule has 0 radical (unpaired) electrons.